The van der Waals surface area contributed by atoms with E-state index in [2.05, 4.69) is 31.2 Å². The largest absolute Gasteiger partial charge is 0.204 e. The first-order chi connectivity index (χ1) is 15.6. The molecular weight excluding hydrogens is 405 g/mol. The maximum Gasteiger partial charge on any atom is 0.195 e. The standard InChI is InChI=1S/C29H27F3/c1-2-3-4-5-6-7-20-8-10-21(11-9-20)22-12-14-23(15-13-22)24-16-17-26-25(18-24)19-27(30)29(32)28(26)31/h8-19H,2-7H2,1H3. The molecular formula is C29H27F3. The maximum atomic E-state index is 14.0. The lowest BCUT2D eigenvalue weighted by Gasteiger charge is -2.08. The van der Waals surface area contributed by atoms with Gasteiger partial charge in [-0.1, -0.05) is 93.3 Å². The highest BCUT2D eigenvalue weighted by Gasteiger charge is 2.14. The summed E-state index contributed by atoms with van der Waals surface area (Å²) in [5.74, 6) is -3.75. The Labute approximate surface area is 187 Å². The van der Waals surface area contributed by atoms with Crippen molar-refractivity contribution in [3.8, 4) is 22.3 Å². The number of hydrogen-bond acceptors (Lipinski definition) is 0. The van der Waals surface area contributed by atoms with Crippen LogP contribution in [0.5, 0.6) is 0 Å². The van der Waals surface area contributed by atoms with Crippen molar-refractivity contribution in [2.24, 2.45) is 0 Å². The van der Waals surface area contributed by atoms with Gasteiger partial charge < -0.3 is 0 Å². The van der Waals surface area contributed by atoms with E-state index in [4.69, 9.17) is 0 Å². The molecule has 0 fully saturated rings. The molecule has 32 heavy (non-hydrogen) atoms. The zero-order chi connectivity index (χ0) is 22.5. The number of rotatable bonds is 8. The molecule has 4 rings (SSSR count). The molecule has 0 nitrogen and oxygen atoms in total. The smallest absolute Gasteiger partial charge is 0.195 e. The molecule has 4 aromatic rings. The Bertz CT molecular complexity index is 1190. The molecule has 0 aliphatic carbocycles. The molecule has 0 heterocycles. The van der Waals surface area contributed by atoms with Crippen molar-refractivity contribution in [2.45, 2.75) is 45.4 Å². The van der Waals surface area contributed by atoms with Gasteiger partial charge in [0, 0.05) is 5.39 Å². The quantitative estimate of drug-likeness (QED) is 0.192. The summed E-state index contributed by atoms with van der Waals surface area (Å²) in [4.78, 5) is 0. The van der Waals surface area contributed by atoms with Gasteiger partial charge in [0.25, 0.3) is 0 Å². The summed E-state index contributed by atoms with van der Waals surface area (Å²) in [6.07, 6.45) is 7.56. The molecule has 4 aromatic carbocycles. The minimum Gasteiger partial charge on any atom is -0.204 e. The minimum atomic E-state index is -1.43. The highest BCUT2D eigenvalue weighted by molar-refractivity contribution is 5.88. The summed E-state index contributed by atoms with van der Waals surface area (Å²) >= 11 is 0. The van der Waals surface area contributed by atoms with Crippen LogP contribution in [-0.4, -0.2) is 0 Å². The van der Waals surface area contributed by atoms with Crippen LogP contribution in [0.25, 0.3) is 33.0 Å². The van der Waals surface area contributed by atoms with Gasteiger partial charge >= 0.3 is 0 Å². The molecule has 0 aliphatic heterocycles. The van der Waals surface area contributed by atoms with Gasteiger partial charge in [0.1, 0.15) is 0 Å². The van der Waals surface area contributed by atoms with Crippen molar-refractivity contribution in [3.63, 3.8) is 0 Å². The first kappa shape index (κ1) is 22.1. The van der Waals surface area contributed by atoms with Crippen LogP contribution in [0.15, 0.2) is 72.8 Å². The third-order valence-corrected chi connectivity index (χ3v) is 6.05. The summed E-state index contributed by atoms with van der Waals surface area (Å²) in [6.45, 7) is 2.23. The minimum absolute atomic E-state index is 0.0784. The number of benzene rings is 4. The van der Waals surface area contributed by atoms with Gasteiger partial charge in [0.15, 0.2) is 17.5 Å². The van der Waals surface area contributed by atoms with E-state index in [0.29, 0.717) is 5.39 Å². The van der Waals surface area contributed by atoms with Gasteiger partial charge in [-0.05, 0) is 58.2 Å². The lowest BCUT2D eigenvalue weighted by Crippen LogP contribution is -1.92. The van der Waals surface area contributed by atoms with Crippen molar-refractivity contribution in [3.05, 3.63) is 95.8 Å². The second-order valence-corrected chi connectivity index (χ2v) is 8.36. The van der Waals surface area contributed by atoms with Crippen molar-refractivity contribution < 1.29 is 13.2 Å². The van der Waals surface area contributed by atoms with Crippen molar-refractivity contribution in [2.75, 3.05) is 0 Å². The van der Waals surface area contributed by atoms with Gasteiger partial charge in [0.05, 0.1) is 0 Å². The molecule has 0 radical (unpaired) electrons. The molecule has 3 heteroatoms. The first-order valence-electron chi connectivity index (χ1n) is 11.3. The molecule has 0 unspecified atom stereocenters. The highest BCUT2D eigenvalue weighted by Crippen LogP contribution is 2.30. The van der Waals surface area contributed by atoms with E-state index >= 15 is 0 Å². The third kappa shape index (κ3) is 4.88. The zero-order valence-corrected chi connectivity index (χ0v) is 18.3. The van der Waals surface area contributed by atoms with Crippen molar-refractivity contribution >= 4 is 10.8 Å². The van der Waals surface area contributed by atoms with E-state index in [1.54, 1.807) is 12.1 Å². The molecule has 0 spiro atoms. The Kier molecular flexibility index (Phi) is 6.94. The number of aryl methyl sites for hydroxylation is 1. The van der Waals surface area contributed by atoms with Crippen LogP contribution in [-0.2, 0) is 6.42 Å². The van der Waals surface area contributed by atoms with E-state index in [0.717, 1.165) is 34.7 Å². The van der Waals surface area contributed by atoms with Crippen LogP contribution < -0.4 is 0 Å². The Morgan fingerprint density at radius 1 is 0.562 bits per heavy atom. The van der Waals surface area contributed by atoms with Crippen LogP contribution in [0.1, 0.15) is 44.6 Å². The fraction of sp³-hybridized carbons (Fsp3) is 0.241. The predicted molar refractivity (Wildman–Crippen MR) is 127 cm³/mol. The Hall–Kier alpha value is -3.07. The molecule has 0 aromatic heterocycles. The normalized spacial score (nSPS) is 11.2. The Morgan fingerprint density at radius 2 is 1.12 bits per heavy atom. The van der Waals surface area contributed by atoms with Crippen molar-refractivity contribution in [1.82, 2.24) is 0 Å². The fourth-order valence-electron chi connectivity index (χ4n) is 4.14. The van der Waals surface area contributed by atoms with Gasteiger partial charge in [-0.2, -0.15) is 0 Å². The molecule has 0 N–H and O–H groups in total. The SMILES string of the molecule is CCCCCCCc1ccc(-c2ccc(-c3ccc4c(F)c(F)c(F)cc4c3)cc2)cc1. The molecule has 0 atom stereocenters. The van der Waals surface area contributed by atoms with E-state index < -0.39 is 17.5 Å². The summed E-state index contributed by atoms with van der Waals surface area (Å²) in [7, 11) is 0. The monoisotopic (exact) mass is 432 g/mol. The summed E-state index contributed by atoms with van der Waals surface area (Å²) < 4.78 is 41.1. The van der Waals surface area contributed by atoms with Crippen LogP contribution in [0, 0.1) is 17.5 Å². The summed E-state index contributed by atoms with van der Waals surface area (Å²) in [5.41, 5.74) is 5.40. The average molecular weight is 433 g/mol. The Morgan fingerprint density at radius 3 is 1.78 bits per heavy atom. The molecule has 0 saturated heterocycles. The van der Waals surface area contributed by atoms with Gasteiger partial charge in [-0.3, -0.25) is 0 Å². The fourth-order valence-corrected chi connectivity index (χ4v) is 4.14. The van der Waals surface area contributed by atoms with Gasteiger partial charge in [-0.15, -0.1) is 0 Å². The second-order valence-electron chi connectivity index (χ2n) is 8.36. The van der Waals surface area contributed by atoms with E-state index in [-0.39, 0.29) is 5.39 Å². The lowest BCUT2D eigenvalue weighted by molar-refractivity contribution is 0.453. The molecule has 0 saturated carbocycles. The zero-order valence-electron chi connectivity index (χ0n) is 18.3. The highest BCUT2D eigenvalue weighted by atomic mass is 19.2. The number of unbranched alkanes of at least 4 members (excludes halogenated alkanes) is 4. The first-order valence-corrected chi connectivity index (χ1v) is 11.3. The van der Waals surface area contributed by atoms with Crippen LogP contribution >= 0.6 is 0 Å². The van der Waals surface area contributed by atoms with Crippen LogP contribution in [0.3, 0.4) is 0 Å². The van der Waals surface area contributed by atoms with Gasteiger partial charge in [-0.25, -0.2) is 13.2 Å². The molecule has 0 amide bonds. The van der Waals surface area contributed by atoms with Crippen molar-refractivity contribution in [1.29, 1.82) is 0 Å². The third-order valence-electron chi connectivity index (χ3n) is 6.05. The van der Waals surface area contributed by atoms with Crippen LogP contribution in [0.2, 0.25) is 0 Å². The molecule has 164 valence electrons. The molecule has 0 aliphatic rings. The second kappa shape index (κ2) is 10.0. The average Bonchev–Trinajstić information content (AvgIpc) is 2.83. The maximum absolute atomic E-state index is 14.0. The lowest BCUT2D eigenvalue weighted by atomic mass is 9.97. The van der Waals surface area contributed by atoms with E-state index in [9.17, 15) is 13.2 Å². The topological polar surface area (TPSA) is 0 Å². The summed E-state index contributed by atoms with van der Waals surface area (Å²) in [6, 6.07) is 22.8. The van der Waals surface area contributed by atoms with Gasteiger partial charge in [0.2, 0.25) is 0 Å². The summed E-state index contributed by atoms with van der Waals surface area (Å²) in [5, 5.41) is 0.419. The van der Waals surface area contributed by atoms with Crippen LogP contribution in [0.4, 0.5) is 13.2 Å². The van der Waals surface area contributed by atoms with E-state index in [1.807, 2.05) is 24.3 Å². The number of hydrogen-bond donors (Lipinski definition) is 0. The van der Waals surface area contributed by atoms with E-state index in [1.165, 1.54) is 43.7 Å². The molecule has 0 bridgehead atoms. The Balaban J connectivity index is 1.48. The number of halogens is 3. The number of fused-ring (bicyclic) bond motifs is 1. The predicted octanol–water partition coefficient (Wildman–Crippen LogP) is 9.10.